The lowest BCUT2D eigenvalue weighted by molar-refractivity contribution is -0.118. The van der Waals surface area contributed by atoms with Crippen molar-refractivity contribution in [3.8, 4) is 5.75 Å². The van der Waals surface area contributed by atoms with Crippen molar-refractivity contribution in [3.63, 3.8) is 0 Å². The van der Waals surface area contributed by atoms with Crippen LogP contribution in [0.4, 0.5) is 0 Å². The molecular weight excluding hydrogens is 204 g/mol. The van der Waals surface area contributed by atoms with Crippen LogP contribution in [0.25, 0.3) is 0 Å². The summed E-state index contributed by atoms with van der Waals surface area (Å²) in [7, 11) is 0. The fourth-order valence-corrected chi connectivity index (χ4v) is 1.00. The molecule has 1 aromatic rings. The summed E-state index contributed by atoms with van der Waals surface area (Å²) in [4.78, 5) is 10.6. The predicted octanol–water partition coefficient (Wildman–Crippen LogP) is 1.72. The molecule has 0 heterocycles. The van der Waals surface area contributed by atoms with Gasteiger partial charge < -0.3 is 4.74 Å². The van der Waals surface area contributed by atoms with E-state index in [4.69, 9.17) is 4.74 Å². The summed E-state index contributed by atoms with van der Waals surface area (Å²) in [5, 5.41) is 3.75. The lowest BCUT2D eigenvalue weighted by atomic mass is 10.2. The molecule has 84 valence electrons. The summed E-state index contributed by atoms with van der Waals surface area (Å²) in [5.41, 5.74) is 3.22. The highest BCUT2D eigenvalue weighted by Gasteiger charge is 1.92. The first-order valence-electron chi connectivity index (χ1n) is 4.86. The molecule has 0 saturated carbocycles. The number of carbonyl (C=O) groups is 1. The summed E-state index contributed by atoms with van der Waals surface area (Å²) < 4.78 is 5.32. The first-order chi connectivity index (χ1) is 7.72. The molecule has 4 heteroatoms. The van der Waals surface area contributed by atoms with Gasteiger partial charge in [0.25, 0.3) is 0 Å². The van der Waals surface area contributed by atoms with E-state index in [1.165, 1.54) is 6.92 Å². The van der Waals surface area contributed by atoms with Gasteiger partial charge in [-0.3, -0.25) is 4.79 Å². The molecular formula is C12H14N2O2. The van der Waals surface area contributed by atoms with E-state index in [0.29, 0.717) is 6.61 Å². The van der Waals surface area contributed by atoms with Gasteiger partial charge in [-0.05, 0) is 29.8 Å². The Morgan fingerprint density at radius 2 is 2.19 bits per heavy atom. The molecule has 1 amide bonds. The smallest absolute Gasteiger partial charge is 0.236 e. The maximum absolute atomic E-state index is 10.6. The van der Waals surface area contributed by atoms with Gasteiger partial charge in [-0.2, -0.15) is 5.10 Å². The molecule has 0 saturated heterocycles. The highest BCUT2D eigenvalue weighted by Crippen LogP contribution is 2.10. The van der Waals surface area contributed by atoms with Crippen LogP contribution in [0.1, 0.15) is 12.5 Å². The molecule has 1 N–H and O–H groups in total. The normalized spacial score (nSPS) is 10.1. The van der Waals surface area contributed by atoms with Crippen molar-refractivity contribution < 1.29 is 9.53 Å². The van der Waals surface area contributed by atoms with Gasteiger partial charge in [0.1, 0.15) is 12.4 Å². The summed E-state index contributed by atoms with van der Waals surface area (Å²) in [5.74, 6) is 0.582. The Balaban J connectivity index is 2.53. The number of hydrogen-bond acceptors (Lipinski definition) is 3. The third kappa shape index (κ3) is 4.41. The third-order valence-corrected chi connectivity index (χ3v) is 1.68. The van der Waals surface area contributed by atoms with Crippen LogP contribution in [0, 0.1) is 0 Å². The Labute approximate surface area is 94.6 Å². The molecule has 0 fully saturated rings. The van der Waals surface area contributed by atoms with Crippen LogP contribution >= 0.6 is 0 Å². The Hall–Kier alpha value is -2.10. The minimum atomic E-state index is -0.192. The van der Waals surface area contributed by atoms with Crippen LogP contribution in [-0.2, 0) is 4.79 Å². The SMILES string of the molecule is C=CCOc1ccc(/C=N\NC(C)=O)cc1. The van der Waals surface area contributed by atoms with Crippen molar-refractivity contribution in [1.82, 2.24) is 5.43 Å². The maximum Gasteiger partial charge on any atom is 0.236 e. The fourth-order valence-electron chi connectivity index (χ4n) is 1.00. The number of amides is 1. The zero-order chi connectivity index (χ0) is 11.8. The van der Waals surface area contributed by atoms with E-state index in [9.17, 15) is 4.79 Å². The summed E-state index contributed by atoms with van der Waals surface area (Å²) in [6.07, 6.45) is 3.25. The number of hydrogen-bond donors (Lipinski definition) is 1. The molecule has 0 aliphatic heterocycles. The van der Waals surface area contributed by atoms with Crippen LogP contribution < -0.4 is 10.2 Å². The first-order valence-corrected chi connectivity index (χ1v) is 4.86. The summed E-state index contributed by atoms with van der Waals surface area (Å²) in [6.45, 7) is 5.46. The molecule has 0 spiro atoms. The molecule has 0 aliphatic rings. The second kappa shape index (κ2) is 6.40. The first kappa shape index (κ1) is 12.0. The van der Waals surface area contributed by atoms with E-state index < -0.39 is 0 Å². The lowest BCUT2D eigenvalue weighted by Gasteiger charge is -2.02. The second-order valence-electron chi connectivity index (χ2n) is 3.09. The number of benzene rings is 1. The Morgan fingerprint density at radius 3 is 2.75 bits per heavy atom. The van der Waals surface area contributed by atoms with E-state index in [2.05, 4.69) is 17.1 Å². The van der Waals surface area contributed by atoms with Crippen molar-refractivity contribution in [2.24, 2.45) is 5.10 Å². The van der Waals surface area contributed by atoms with E-state index in [1.54, 1.807) is 12.3 Å². The topological polar surface area (TPSA) is 50.7 Å². The van der Waals surface area contributed by atoms with Gasteiger partial charge in [0.2, 0.25) is 5.91 Å². The minimum absolute atomic E-state index is 0.192. The zero-order valence-electron chi connectivity index (χ0n) is 9.14. The average molecular weight is 218 g/mol. The van der Waals surface area contributed by atoms with Crippen molar-refractivity contribution in [1.29, 1.82) is 0 Å². The van der Waals surface area contributed by atoms with Gasteiger partial charge in [0.15, 0.2) is 0 Å². The van der Waals surface area contributed by atoms with Crippen molar-refractivity contribution in [2.45, 2.75) is 6.92 Å². The van der Waals surface area contributed by atoms with Gasteiger partial charge in [0, 0.05) is 6.92 Å². The number of nitrogens with one attached hydrogen (secondary N) is 1. The fraction of sp³-hybridized carbons (Fsp3) is 0.167. The van der Waals surface area contributed by atoms with Crippen LogP contribution in [-0.4, -0.2) is 18.7 Å². The highest BCUT2D eigenvalue weighted by atomic mass is 16.5. The highest BCUT2D eigenvalue weighted by molar-refractivity contribution is 5.81. The van der Waals surface area contributed by atoms with Crippen LogP contribution in [0.5, 0.6) is 5.75 Å². The maximum atomic E-state index is 10.6. The molecule has 0 bridgehead atoms. The van der Waals surface area contributed by atoms with Crippen LogP contribution in [0.3, 0.4) is 0 Å². The molecule has 0 atom stereocenters. The molecule has 16 heavy (non-hydrogen) atoms. The number of nitrogens with zero attached hydrogens (tertiary/aromatic N) is 1. The molecule has 4 nitrogen and oxygen atoms in total. The number of carbonyl (C=O) groups excluding carboxylic acids is 1. The van der Waals surface area contributed by atoms with Crippen LogP contribution in [0.15, 0.2) is 42.0 Å². The second-order valence-corrected chi connectivity index (χ2v) is 3.09. The number of rotatable bonds is 5. The van der Waals surface area contributed by atoms with Gasteiger partial charge in [-0.15, -0.1) is 0 Å². The molecule has 0 unspecified atom stereocenters. The van der Waals surface area contributed by atoms with E-state index in [0.717, 1.165) is 11.3 Å². The molecule has 1 rings (SSSR count). The predicted molar refractivity (Wildman–Crippen MR) is 63.5 cm³/mol. The quantitative estimate of drug-likeness (QED) is 0.465. The standard InChI is InChI=1S/C12H14N2O2/c1-3-8-16-12-6-4-11(5-7-12)9-13-14-10(2)15/h3-7,9H,1,8H2,2H3,(H,14,15)/b13-9-. The number of ether oxygens (including phenoxy) is 1. The molecule has 0 aromatic heterocycles. The van der Waals surface area contributed by atoms with Crippen molar-refractivity contribution in [3.05, 3.63) is 42.5 Å². The largest absolute Gasteiger partial charge is 0.490 e. The monoisotopic (exact) mass is 218 g/mol. The Kier molecular flexibility index (Phi) is 4.79. The Bertz CT molecular complexity index is 383. The lowest BCUT2D eigenvalue weighted by Crippen LogP contribution is -2.12. The van der Waals surface area contributed by atoms with Crippen molar-refractivity contribution in [2.75, 3.05) is 6.61 Å². The minimum Gasteiger partial charge on any atom is -0.490 e. The Morgan fingerprint density at radius 1 is 1.50 bits per heavy atom. The van der Waals surface area contributed by atoms with Crippen LogP contribution in [0.2, 0.25) is 0 Å². The van der Waals surface area contributed by atoms with Gasteiger partial charge in [-0.25, -0.2) is 5.43 Å². The summed E-state index contributed by atoms with van der Waals surface area (Å²) in [6, 6.07) is 7.37. The van der Waals surface area contributed by atoms with Gasteiger partial charge in [-0.1, -0.05) is 12.7 Å². The van der Waals surface area contributed by atoms with E-state index >= 15 is 0 Å². The van der Waals surface area contributed by atoms with Crippen molar-refractivity contribution >= 4 is 12.1 Å². The average Bonchev–Trinajstić information content (AvgIpc) is 2.27. The summed E-state index contributed by atoms with van der Waals surface area (Å²) >= 11 is 0. The molecule has 0 aliphatic carbocycles. The van der Waals surface area contributed by atoms with Gasteiger partial charge >= 0.3 is 0 Å². The zero-order valence-corrected chi connectivity index (χ0v) is 9.14. The molecule has 0 radical (unpaired) electrons. The third-order valence-electron chi connectivity index (χ3n) is 1.68. The van der Waals surface area contributed by atoms with Gasteiger partial charge in [0.05, 0.1) is 6.21 Å². The van der Waals surface area contributed by atoms with E-state index in [-0.39, 0.29) is 5.91 Å². The van der Waals surface area contributed by atoms with E-state index in [1.807, 2.05) is 24.3 Å². The molecule has 1 aromatic carbocycles. The number of hydrazone groups is 1.